The van der Waals surface area contributed by atoms with Gasteiger partial charge in [0.15, 0.2) is 0 Å². The van der Waals surface area contributed by atoms with Gasteiger partial charge in [-0.25, -0.2) is 0 Å². The molecule has 0 aliphatic carbocycles. The number of hydrogen-bond donors (Lipinski definition) is 1. The summed E-state index contributed by atoms with van der Waals surface area (Å²) in [5.74, 6) is 0.194. The van der Waals surface area contributed by atoms with E-state index >= 15 is 0 Å². The van der Waals surface area contributed by atoms with Crippen LogP contribution in [0.2, 0.25) is 0 Å². The van der Waals surface area contributed by atoms with Crippen molar-refractivity contribution in [1.29, 1.82) is 0 Å². The van der Waals surface area contributed by atoms with Gasteiger partial charge >= 0.3 is 0 Å². The normalized spacial score (nSPS) is 21.0. The van der Waals surface area contributed by atoms with Crippen LogP contribution in [0.1, 0.15) is 43.6 Å². The summed E-state index contributed by atoms with van der Waals surface area (Å²) in [7, 11) is 1.81. The SMILES string of the molecule is CC(C)C(=O)N(C)Cc1ccc(C(=O)N2CCNC(C)C2C)cc1. The Morgan fingerprint density at radius 3 is 2.46 bits per heavy atom. The number of nitrogens with zero attached hydrogens (tertiary/aromatic N) is 2. The fraction of sp³-hybridized carbons (Fsp3) is 0.579. The van der Waals surface area contributed by atoms with Gasteiger partial charge in [-0.3, -0.25) is 9.59 Å². The van der Waals surface area contributed by atoms with E-state index in [9.17, 15) is 9.59 Å². The van der Waals surface area contributed by atoms with Crippen LogP contribution in [-0.4, -0.2) is 53.8 Å². The maximum absolute atomic E-state index is 12.7. The Morgan fingerprint density at radius 2 is 1.88 bits per heavy atom. The third-order valence-electron chi connectivity index (χ3n) is 4.79. The molecule has 2 amide bonds. The smallest absolute Gasteiger partial charge is 0.254 e. The fourth-order valence-electron chi connectivity index (χ4n) is 3.05. The summed E-state index contributed by atoms with van der Waals surface area (Å²) < 4.78 is 0. The van der Waals surface area contributed by atoms with Crippen LogP contribution in [0.4, 0.5) is 0 Å². The maximum atomic E-state index is 12.7. The molecule has 0 saturated carbocycles. The number of carbonyl (C=O) groups excluding carboxylic acids is 2. The molecule has 1 aromatic carbocycles. The molecule has 1 N–H and O–H groups in total. The molecule has 1 saturated heterocycles. The number of rotatable bonds is 4. The fourth-order valence-corrected chi connectivity index (χ4v) is 3.05. The number of amides is 2. The first-order chi connectivity index (χ1) is 11.3. The van der Waals surface area contributed by atoms with Gasteiger partial charge in [-0.2, -0.15) is 0 Å². The maximum Gasteiger partial charge on any atom is 0.254 e. The highest BCUT2D eigenvalue weighted by Crippen LogP contribution is 2.15. The predicted octanol–water partition coefficient (Wildman–Crippen LogP) is 2.12. The zero-order valence-corrected chi connectivity index (χ0v) is 15.4. The van der Waals surface area contributed by atoms with Crippen molar-refractivity contribution in [1.82, 2.24) is 15.1 Å². The summed E-state index contributed by atoms with van der Waals surface area (Å²) in [6, 6.07) is 8.09. The minimum Gasteiger partial charge on any atom is -0.341 e. The van der Waals surface area contributed by atoms with Gasteiger partial charge in [-0.05, 0) is 31.5 Å². The van der Waals surface area contributed by atoms with Crippen LogP contribution >= 0.6 is 0 Å². The lowest BCUT2D eigenvalue weighted by Gasteiger charge is -2.38. The Kier molecular flexibility index (Phi) is 5.99. The van der Waals surface area contributed by atoms with Crippen LogP contribution in [0.5, 0.6) is 0 Å². The van der Waals surface area contributed by atoms with Gasteiger partial charge in [-0.1, -0.05) is 26.0 Å². The second kappa shape index (κ2) is 7.79. The molecule has 1 aromatic rings. The van der Waals surface area contributed by atoms with E-state index in [0.717, 1.165) is 18.7 Å². The average molecular weight is 331 g/mol. The van der Waals surface area contributed by atoms with Crippen LogP contribution in [0.15, 0.2) is 24.3 Å². The number of nitrogens with one attached hydrogen (secondary N) is 1. The number of hydrogen-bond acceptors (Lipinski definition) is 3. The van der Waals surface area contributed by atoms with Crippen LogP contribution in [0.3, 0.4) is 0 Å². The topological polar surface area (TPSA) is 52.7 Å². The van der Waals surface area contributed by atoms with E-state index in [1.807, 2.05) is 50.1 Å². The molecule has 5 heteroatoms. The largest absolute Gasteiger partial charge is 0.341 e. The molecule has 1 heterocycles. The van der Waals surface area contributed by atoms with Gasteiger partial charge < -0.3 is 15.1 Å². The van der Waals surface area contributed by atoms with E-state index in [-0.39, 0.29) is 23.8 Å². The molecule has 0 radical (unpaired) electrons. The molecule has 24 heavy (non-hydrogen) atoms. The summed E-state index contributed by atoms with van der Waals surface area (Å²) in [4.78, 5) is 28.3. The third kappa shape index (κ3) is 4.15. The second-order valence-corrected chi connectivity index (χ2v) is 7.03. The zero-order valence-electron chi connectivity index (χ0n) is 15.4. The lowest BCUT2D eigenvalue weighted by atomic mass is 10.0. The molecule has 0 aromatic heterocycles. The van der Waals surface area contributed by atoms with Gasteiger partial charge in [0.25, 0.3) is 5.91 Å². The standard InChI is InChI=1S/C19H29N3O2/c1-13(2)18(23)21(5)12-16-6-8-17(9-7-16)19(24)22-11-10-20-14(3)15(22)4/h6-9,13-15,20H,10-12H2,1-5H3. The Bertz CT molecular complexity index is 583. The summed E-state index contributed by atoms with van der Waals surface area (Å²) in [5, 5.41) is 3.39. The molecule has 1 fully saturated rings. The van der Waals surface area contributed by atoms with Gasteiger partial charge in [-0.15, -0.1) is 0 Å². The first-order valence-corrected chi connectivity index (χ1v) is 8.69. The Hall–Kier alpha value is -1.88. The van der Waals surface area contributed by atoms with Crippen molar-refractivity contribution in [3.8, 4) is 0 Å². The van der Waals surface area contributed by atoms with Crippen LogP contribution in [-0.2, 0) is 11.3 Å². The van der Waals surface area contributed by atoms with Crippen molar-refractivity contribution in [3.05, 3.63) is 35.4 Å². The molecule has 0 spiro atoms. The first kappa shape index (κ1) is 18.5. The predicted molar refractivity (Wildman–Crippen MR) is 95.7 cm³/mol. The molecular formula is C19H29N3O2. The summed E-state index contributed by atoms with van der Waals surface area (Å²) in [6.07, 6.45) is 0. The Balaban J connectivity index is 2.03. The van der Waals surface area contributed by atoms with E-state index < -0.39 is 0 Å². The molecule has 2 rings (SSSR count). The van der Waals surface area contributed by atoms with Gasteiger partial charge in [0.2, 0.25) is 5.91 Å². The van der Waals surface area contributed by atoms with E-state index in [2.05, 4.69) is 19.2 Å². The van der Waals surface area contributed by atoms with Crippen molar-refractivity contribution >= 4 is 11.8 Å². The van der Waals surface area contributed by atoms with Crippen molar-refractivity contribution < 1.29 is 9.59 Å². The highest BCUT2D eigenvalue weighted by molar-refractivity contribution is 5.94. The minimum absolute atomic E-state index is 0.00737. The number of benzene rings is 1. The lowest BCUT2D eigenvalue weighted by molar-refractivity contribution is -0.133. The van der Waals surface area contributed by atoms with Crippen molar-refractivity contribution in [2.24, 2.45) is 5.92 Å². The molecule has 2 unspecified atom stereocenters. The van der Waals surface area contributed by atoms with E-state index in [1.165, 1.54) is 0 Å². The van der Waals surface area contributed by atoms with Crippen molar-refractivity contribution in [3.63, 3.8) is 0 Å². The molecule has 132 valence electrons. The van der Waals surface area contributed by atoms with Crippen molar-refractivity contribution in [2.45, 2.75) is 46.3 Å². The van der Waals surface area contributed by atoms with Crippen LogP contribution in [0.25, 0.3) is 0 Å². The Morgan fingerprint density at radius 1 is 1.25 bits per heavy atom. The number of piperazine rings is 1. The van der Waals surface area contributed by atoms with E-state index in [0.29, 0.717) is 18.2 Å². The van der Waals surface area contributed by atoms with Crippen molar-refractivity contribution in [2.75, 3.05) is 20.1 Å². The van der Waals surface area contributed by atoms with E-state index in [1.54, 1.807) is 4.90 Å². The zero-order chi connectivity index (χ0) is 17.9. The van der Waals surface area contributed by atoms with E-state index in [4.69, 9.17) is 0 Å². The van der Waals surface area contributed by atoms with Gasteiger partial charge in [0, 0.05) is 50.2 Å². The summed E-state index contributed by atoms with van der Waals surface area (Å²) in [6.45, 7) is 10.1. The Labute approximate surface area is 145 Å². The molecule has 1 aliphatic heterocycles. The molecule has 2 atom stereocenters. The number of carbonyl (C=O) groups is 2. The van der Waals surface area contributed by atoms with Crippen LogP contribution < -0.4 is 5.32 Å². The monoisotopic (exact) mass is 331 g/mol. The molecule has 5 nitrogen and oxygen atoms in total. The highest BCUT2D eigenvalue weighted by Gasteiger charge is 2.28. The molecule has 1 aliphatic rings. The summed E-state index contributed by atoms with van der Waals surface area (Å²) >= 11 is 0. The highest BCUT2D eigenvalue weighted by atomic mass is 16.2. The average Bonchev–Trinajstić information content (AvgIpc) is 2.56. The lowest BCUT2D eigenvalue weighted by Crippen LogP contribution is -2.57. The summed E-state index contributed by atoms with van der Waals surface area (Å²) in [5.41, 5.74) is 1.74. The quantitative estimate of drug-likeness (QED) is 0.919. The third-order valence-corrected chi connectivity index (χ3v) is 4.79. The van der Waals surface area contributed by atoms with Gasteiger partial charge in [0.05, 0.1) is 0 Å². The second-order valence-electron chi connectivity index (χ2n) is 7.03. The first-order valence-electron chi connectivity index (χ1n) is 8.69. The molecular weight excluding hydrogens is 302 g/mol. The van der Waals surface area contributed by atoms with Crippen LogP contribution in [0, 0.1) is 5.92 Å². The minimum atomic E-state index is -0.00737. The van der Waals surface area contributed by atoms with Gasteiger partial charge in [0.1, 0.15) is 0 Å². The molecule has 0 bridgehead atoms.